The molecule has 0 spiro atoms. The normalized spacial score (nSPS) is 10.4. The SMILES string of the molecule is Cc1ccc(-c2cc[n+](CC(=O)c3ccccc3)cn2)cc1. The van der Waals surface area contributed by atoms with E-state index in [0.29, 0.717) is 6.54 Å². The second-order valence-electron chi connectivity index (χ2n) is 5.27. The van der Waals surface area contributed by atoms with Crippen LogP contribution in [-0.4, -0.2) is 10.8 Å². The van der Waals surface area contributed by atoms with E-state index in [9.17, 15) is 4.79 Å². The zero-order valence-electron chi connectivity index (χ0n) is 12.4. The second-order valence-corrected chi connectivity index (χ2v) is 5.27. The van der Waals surface area contributed by atoms with Gasteiger partial charge in [0.05, 0.1) is 6.20 Å². The van der Waals surface area contributed by atoms with Crippen LogP contribution in [0.1, 0.15) is 15.9 Å². The van der Waals surface area contributed by atoms with Crippen LogP contribution in [0.2, 0.25) is 0 Å². The van der Waals surface area contributed by atoms with Crippen molar-refractivity contribution in [1.29, 1.82) is 0 Å². The van der Waals surface area contributed by atoms with Gasteiger partial charge in [-0.2, -0.15) is 0 Å². The molecule has 0 bridgehead atoms. The number of carbonyl (C=O) groups is 1. The molecule has 0 aliphatic carbocycles. The lowest BCUT2D eigenvalue weighted by molar-refractivity contribution is -0.686. The lowest BCUT2D eigenvalue weighted by Crippen LogP contribution is -2.37. The van der Waals surface area contributed by atoms with Gasteiger partial charge in [-0.3, -0.25) is 4.79 Å². The molecule has 1 aromatic heterocycles. The molecule has 0 aliphatic heterocycles. The number of aryl methyl sites for hydroxylation is 1. The number of ketones is 1. The van der Waals surface area contributed by atoms with Gasteiger partial charge in [0, 0.05) is 17.2 Å². The Morgan fingerprint density at radius 2 is 1.73 bits per heavy atom. The first-order valence-corrected chi connectivity index (χ1v) is 7.23. The highest BCUT2D eigenvalue weighted by Crippen LogP contribution is 2.15. The summed E-state index contributed by atoms with van der Waals surface area (Å²) in [6.45, 7) is 2.36. The maximum Gasteiger partial charge on any atom is 0.287 e. The van der Waals surface area contributed by atoms with Crippen molar-refractivity contribution in [3.8, 4) is 11.3 Å². The summed E-state index contributed by atoms with van der Waals surface area (Å²) in [5.41, 5.74) is 3.93. The van der Waals surface area contributed by atoms with Gasteiger partial charge in [0.2, 0.25) is 5.78 Å². The summed E-state index contributed by atoms with van der Waals surface area (Å²) in [7, 11) is 0. The molecular weight excluding hydrogens is 272 g/mol. The summed E-state index contributed by atoms with van der Waals surface area (Å²) >= 11 is 0. The zero-order chi connectivity index (χ0) is 15.4. The molecule has 0 unspecified atom stereocenters. The summed E-state index contributed by atoms with van der Waals surface area (Å²) in [6.07, 6.45) is 3.60. The van der Waals surface area contributed by atoms with E-state index >= 15 is 0 Å². The highest BCUT2D eigenvalue weighted by molar-refractivity contribution is 5.94. The molecule has 0 saturated carbocycles. The molecule has 22 heavy (non-hydrogen) atoms. The molecule has 2 aromatic carbocycles. The molecular formula is C19H17N2O+. The van der Waals surface area contributed by atoms with E-state index in [1.54, 1.807) is 10.9 Å². The Kier molecular flexibility index (Phi) is 4.05. The number of aromatic nitrogens is 2. The highest BCUT2D eigenvalue weighted by atomic mass is 16.1. The predicted octanol–water partition coefficient (Wildman–Crippen LogP) is 3.23. The average molecular weight is 289 g/mol. The Hall–Kier alpha value is -2.81. The standard InChI is InChI=1S/C19H17N2O/c1-15-7-9-16(10-8-15)18-11-12-21(14-20-18)13-19(22)17-5-3-2-4-6-17/h2-12,14H,13H2,1H3/q+1. The van der Waals surface area contributed by atoms with E-state index in [0.717, 1.165) is 16.8 Å². The van der Waals surface area contributed by atoms with Crippen LogP contribution in [0, 0.1) is 6.92 Å². The van der Waals surface area contributed by atoms with Crippen molar-refractivity contribution in [2.75, 3.05) is 0 Å². The molecule has 3 nitrogen and oxygen atoms in total. The summed E-state index contributed by atoms with van der Waals surface area (Å²) in [5, 5.41) is 0. The van der Waals surface area contributed by atoms with Gasteiger partial charge in [-0.05, 0) is 11.9 Å². The topological polar surface area (TPSA) is 33.8 Å². The Morgan fingerprint density at radius 3 is 2.36 bits per heavy atom. The van der Waals surface area contributed by atoms with Gasteiger partial charge in [0.25, 0.3) is 6.33 Å². The van der Waals surface area contributed by atoms with Gasteiger partial charge in [-0.15, -0.1) is 0 Å². The fourth-order valence-corrected chi connectivity index (χ4v) is 2.25. The summed E-state index contributed by atoms with van der Waals surface area (Å²) < 4.78 is 1.80. The van der Waals surface area contributed by atoms with E-state index in [-0.39, 0.29) is 5.78 Å². The Balaban J connectivity index is 1.74. The molecule has 0 aliphatic rings. The number of hydrogen-bond acceptors (Lipinski definition) is 2. The smallest absolute Gasteiger partial charge is 0.287 e. The van der Waals surface area contributed by atoms with Gasteiger partial charge in [-0.25, -0.2) is 4.57 Å². The molecule has 0 saturated heterocycles. The van der Waals surface area contributed by atoms with Crippen molar-refractivity contribution in [1.82, 2.24) is 4.98 Å². The van der Waals surface area contributed by atoms with Crippen LogP contribution < -0.4 is 4.57 Å². The van der Waals surface area contributed by atoms with Crippen LogP contribution in [-0.2, 0) is 6.54 Å². The molecule has 0 atom stereocenters. The zero-order valence-corrected chi connectivity index (χ0v) is 12.4. The predicted molar refractivity (Wildman–Crippen MR) is 85.4 cm³/mol. The first-order chi connectivity index (χ1) is 10.7. The summed E-state index contributed by atoms with van der Waals surface area (Å²) in [4.78, 5) is 16.6. The first kappa shape index (κ1) is 14.1. The van der Waals surface area contributed by atoms with Crippen LogP contribution in [0.4, 0.5) is 0 Å². The number of Topliss-reactive ketones (excluding diaryl/α,β-unsaturated/α-hetero) is 1. The van der Waals surface area contributed by atoms with Crippen LogP contribution in [0.15, 0.2) is 73.2 Å². The monoisotopic (exact) mass is 289 g/mol. The van der Waals surface area contributed by atoms with Crippen molar-refractivity contribution >= 4 is 5.78 Å². The molecule has 0 amide bonds. The van der Waals surface area contributed by atoms with Crippen LogP contribution in [0.25, 0.3) is 11.3 Å². The van der Waals surface area contributed by atoms with Gasteiger partial charge < -0.3 is 0 Å². The third kappa shape index (κ3) is 3.26. The minimum absolute atomic E-state index is 0.0792. The lowest BCUT2D eigenvalue weighted by atomic mass is 10.1. The molecule has 1 heterocycles. The fraction of sp³-hybridized carbons (Fsp3) is 0.105. The van der Waals surface area contributed by atoms with E-state index in [1.165, 1.54) is 5.56 Å². The third-order valence-corrected chi connectivity index (χ3v) is 3.54. The minimum atomic E-state index is 0.0792. The number of rotatable bonds is 4. The van der Waals surface area contributed by atoms with Crippen molar-refractivity contribution in [2.24, 2.45) is 0 Å². The molecule has 108 valence electrons. The number of hydrogen-bond donors (Lipinski definition) is 0. The number of benzene rings is 2. The largest absolute Gasteiger partial charge is 0.290 e. The maximum atomic E-state index is 12.2. The summed E-state index contributed by atoms with van der Waals surface area (Å²) in [5.74, 6) is 0.0792. The Bertz CT molecular complexity index is 763. The van der Waals surface area contributed by atoms with E-state index in [2.05, 4.69) is 36.2 Å². The molecule has 3 heteroatoms. The van der Waals surface area contributed by atoms with Crippen LogP contribution >= 0.6 is 0 Å². The summed E-state index contributed by atoms with van der Waals surface area (Å²) in [6, 6.07) is 19.5. The second kappa shape index (κ2) is 6.31. The van der Waals surface area contributed by atoms with Gasteiger partial charge in [0.1, 0.15) is 0 Å². The molecule has 0 radical (unpaired) electrons. The van der Waals surface area contributed by atoms with Gasteiger partial charge >= 0.3 is 0 Å². The Labute approximate surface area is 129 Å². The lowest BCUT2D eigenvalue weighted by Gasteiger charge is -2.01. The van der Waals surface area contributed by atoms with Crippen molar-refractivity contribution in [3.63, 3.8) is 0 Å². The van der Waals surface area contributed by atoms with E-state index in [1.807, 2.05) is 42.6 Å². The van der Waals surface area contributed by atoms with Crippen molar-refractivity contribution < 1.29 is 9.36 Å². The first-order valence-electron chi connectivity index (χ1n) is 7.23. The fourth-order valence-electron chi connectivity index (χ4n) is 2.25. The van der Waals surface area contributed by atoms with Crippen LogP contribution in [0.3, 0.4) is 0 Å². The quantitative estimate of drug-likeness (QED) is 0.546. The van der Waals surface area contributed by atoms with Crippen molar-refractivity contribution in [3.05, 3.63) is 84.3 Å². The van der Waals surface area contributed by atoms with Crippen LogP contribution in [0.5, 0.6) is 0 Å². The van der Waals surface area contributed by atoms with Gasteiger partial charge in [0.15, 0.2) is 12.2 Å². The average Bonchev–Trinajstić information content (AvgIpc) is 2.57. The molecule has 3 aromatic rings. The van der Waals surface area contributed by atoms with E-state index in [4.69, 9.17) is 0 Å². The number of nitrogens with zero attached hydrogens (tertiary/aromatic N) is 2. The highest BCUT2D eigenvalue weighted by Gasteiger charge is 2.11. The van der Waals surface area contributed by atoms with Gasteiger partial charge in [-0.1, -0.05) is 60.2 Å². The van der Waals surface area contributed by atoms with Crippen molar-refractivity contribution in [2.45, 2.75) is 13.5 Å². The minimum Gasteiger partial charge on any atom is -0.290 e. The third-order valence-electron chi connectivity index (χ3n) is 3.54. The van der Waals surface area contributed by atoms with E-state index < -0.39 is 0 Å². The maximum absolute atomic E-state index is 12.2. The molecule has 3 rings (SSSR count). The molecule has 0 N–H and O–H groups in total. The molecule has 0 fully saturated rings. The Morgan fingerprint density at radius 1 is 1.00 bits per heavy atom. The number of carbonyl (C=O) groups excluding carboxylic acids is 1.